The van der Waals surface area contributed by atoms with Crippen LogP contribution in [-0.2, 0) is 17.7 Å². The average molecular weight is 296 g/mol. The Morgan fingerprint density at radius 2 is 1.77 bits per heavy atom. The number of fused-ring (bicyclic) bond motifs is 2. The van der Waals surface area contributed by atoms with Gasteiger partial charge in [0.05, 0.1) is 11.1 Å². The predicted molar refractivity (Wildman–Crippen MR) is 75.2 cm³/mol. The zero-order valence-electron chi connectivity index (χ0n) is 11.6. The second kappa shape index (κ2) is 4.56. The van der Waals surface area contributed by atoms with Crippen LogP contribution in [0.25, 0.3) is 0 Å². The molecule has 0 bridgehead atoms. The third kappa shape index (κ3) is 1.77. The number of amides is 2. The molecule has 6 heteroatoms. The summed E-state index contributed by atoms with van der Waals surface area (Å²) in [5, 5.41) is 0.527. The van der Waals surface area contributed by atoms with Gasteiger partial charge in [-0.25, -0.2) is 4.79 Å². The highest BCUT2D eigenvalue weighted by Gasteiger charge is 2.39. The van der Waals surface area contributed by atoms with Gasteiger partial charge in [-0.2, -0.15) is 0 Å². The van der Waals surface area contributed by atoms with Crippen molar-refractivity contribution in [3.63, 3.8) is 0 Å². The van der Waals surface area contributed by atoms with Crippen LogP contribution in [0, 0.1) is 0 Å². The Bertz CT molecular complexity index is 765. The van der Waals surface area contributed by atoms with Gasteiger partial charge in [0.15, 0.2) is 0 Å². The Kier molecular flexibility index (Phi) is 2.66. The van der Waals surface area contributed by atoms with E-state index >= 15 is 0 Å². The zero-order chi connectivity index (χ0) is 15.3. The van der Waals surface area contributed by atoms with Gasteiger partial charge in [0, 0.05) is 5.69 Å². The molecule has 1 aromatic carbocycles. The van der Waals surface area contributed by atoms with E-state index in [4.69, 9.17) is 4.84 Å². The summed E-state index contributed by atoms with van der Waals surface area (Å²) in [5.74, 6) is -1.97. The SMILES string of the molecule is O=C(ON1C(=O)c2ccccc2C1=O)c1cc2c([nH]1)CCC2. The number of hydrogen-bond donors (Lipinski definition) is 1. The fourth-order valence-electron chi connectivity index (χ4n) is 2.93. The summed E-state index contributed by atoms with van der Waals surface area (Å²) in [5.41, 5.74) is 2.87. The molecule has 0 spiro atoms. The van der Waals surface area contributed by atoms with E-state index in [0.29, 0.717) is 5.06 Å². The number of benzene rings is 1. The second-order valence-corrected chi connectivity index (χ2v) is 5.37. The molecule has 0 saturated heterocycles. The number of hydrogen-bond acceptors (Lipinski definition) is 4. The minimum Gasteiger partial charge on any atom is -0.353 e. The number of carbonyl (C=O) groups is 3. The van der Waals surface area contributed by atoms with E-state index in [-0.39, 0.29) is 16.8 Å². The van der Waals surface area contributed by atoms with Crippen molar-refractivity contribution in [1.29, 1.82) is 0 Å². The molecule has 1 N–H and O–H groups in total. The molecule has 0 fully saturated rings. The molecule has 2 heterocycles. The molecular formula is C16H12N2O4. The van der Waals surface area contributed by atoms with Gasteiger partial charge < -0.3 is 9.82 Å². The fourth-order valence-corrected chi connectivity index (χ4v) is 2.93. The van der Waals surface area contributed by atoms with E-state index < -0.39 is 17.8 Å². The molecule has 1 aliphatic heterocycles. The fraction of sp³-hybridized carbons (Fsp3) is 0.188. The molecular weight excluding hydrogens is 284 g/mol. The molecule has 0 atom stereocenters. The maximum atomic E-state index is 12.1. The minimum atomic E-state index is -0.732. The topological polar surface area (TPSA) is 79.5 Å². The van der Waals surface area contributed by atoms with Crippen LogP contribution >= 0.6 is 0 Å². The van der Waals surface area contributed by atoms with E-state index in [9.17, 15) is 14.4 Å². The maximum Gasteiger partial charge on any atom is 0.379 e. The number of imide groups is 1. The molecule has 0 radical (unpaired) electrons. The van der Waals surface area contributed by atoms with Gasteiger partial charge in [-0.3, -0.25) is 9.59 Å². The molecule has 22 heavy (non-hydrogen) atoms. The Morgan fingerprint density at radius 1 is 1.09 bits per heavy atom. The van der Waals surface area contributed by atoms with Crippen LogP contribution in [0.3, 0.4) is 0 Å². The number of aromatic nitrogens is 1. The average Bonchev–Trinajstić information content (AvgIpc) is 3.17. The molecule has 4 rings (SSSR count). The van der Waals surface area contributed by atoms with Gasteiger partial charge in [-0.1, -0.05) is 17.2 Å². The Morgan fingerprint density at radius 3 is 2.41 bits per heavy atom. The first-order chi connectivity index (χ1) is 10.6. The number of aryl methyl sites for hydroxylation is 2. The van der Waals surface area contributed by atoms with Crippen LogP contribution in [0.15, 0.2) is 30.3 Å². The molecule has 0 unspecified atom stereocenters. The number of nitrogens with zero attached hydrogens (tertiary/aromatic N) is 1. The van der Waals surface area contributed by atoms with Crippen molar-refractivity contribution in [2.24, 2.45) is 0 Å². The summed E-state index contributed by atoms with van der Waals surface area (Å²) in [6.07, 6.45) is 2.89. The lowest BCUT2D eigenvalue weighted by atomic mass is 10.1. The van der Waals surface area contributed by atoms with Crippen LogP contribution in [0.5, 0.6) is 0 Å². The highest BCUT2D eigenvalue weighted by Crippen LogP contribution is 2.25. The van der Waals surface area contributed by atoms with Crippen molar-refractivity contribution in [3.05, 3.63) is 58.4 Å². The molecule has 6 nitrogen and oxygen atoms in total. The van der Waals surface area contributed by atoms with Gasteiger partial charge in [-0.15, -0.1) is 0 Å². The lowest BCUT2D eigenvalue weighted by Crippen LogP contribution is -2.32. The van der Waals surface area contributed by atoms with Crippen molar-refractivity contribution >= 4 is 17.8 Å². The van der Waals surface area contributed by atoms with E-state index in [1.54, 1.807) is 18.2 Å². The quantitative estimate of drug-likeness (QED) is 0.858. The second-order valence-electron chi connectivity index (χ2n) is 5.37. The van der Waals surface area contributed by atoms with Crippen LogP contribution < -0.4 is 0 Å². The molecule has 1 aromatic heterocycles. The summed E-state index contributed by atoms with van der Waals surface area (Å²) in [4.78, 5) is 44.4. The largest absolute Gasteiger partial charge is 0.379 e. The van der Waals surface area contributed by atoms with E-state index in [1.165, 1.54) is 12.1 Å². The van der Waals surface area contributed by atoms with Crippen LogP contribution in [0.1, 0.15) is 48.9 Å². The number of aromatic amines is 1. The van der Waals surface area contributed by atoms with Crippen molar-refractivity contribution in [1.82, 2.24) is 10.0 Å². The summed E-state index contributed by atoms with van der Waals surface area (Å²) >= 11 is 0. The van der Waals surface area contributed by atoms with E-state index in [1.807, 2.05) is 0 Å². The van der Waals surface area contributed by atoms with Crippen molar-refractivity contribution < 1.29 is 19.2 Å². The summed E-state index contributed by atoms with van der Waals surface area (Å²) in [6, 6.07) is 8.11. The van der Waals surface area contributed by atoms with E-state index in [2.05, 4.69) is 4.98 Å². The Hall–Kier alpha value is -2.89. The Labute approximate surface area is 125 Å². The summed E-state index contributed by atoms with van der Waals surface area (Å²) < 4.78 is 0. The van der Waals surface area contributed by atoms with Gasteiger partial charge in [0.2, 0.25) is 0 Å². The van der Waals surface area contributed by atoms with Crippen molar-refractivity contribution in [2.75, 3.05) is 0 Å². The Balaban J connectivity index is 1.58. The highest BCUT2D eigenvalue weighted by molar-refractivity contribution is 6.21. The standard InChI is InChI=1S/C16H12N2O4/c19-14-10-5-1-2-6-11(10)15(20)18(14)22-16(21)13-8-9-4-3-7-12(9)17-13/h1-2,5-6,8,17H,3-4,7H2. The summed E-state index contributed by atoms with van der Waals surface area (Å²) in [7, 11) is 0. The third-order valence-electron chi connectivity index (χ3n) is 4.02. The monoisotopic (exact) mass is 296 g/mol. The van der Waals surface area contributed by atoms with Crippen LogP contribution in [0.2, 0.25) is 0 Å². The number of hydroxylamine groups is 2. The van der Waals surface area contributed by atoms with Crippen LogP contribution in [-0.4, -0.2) is 27.8 Å². The van der Waals surface area contributed by atoms with Crippen molar-refractivity contribution in [3.8, 4) is 0 Å². The van der Waals surface area contributed by atoms with Gasteiger partial charge >= 0.3 is 5.97 Å². The number of nitrogens with one attached hydrogen (secondary N) is 1. The smallest absolute Gasteiger partial charge is 0.353 e. The molecule has 2 aromatic rings. The molecule has 2 amide bonds. The molecule has 1 aliphatic carbocycles. The number of carbonyl (C=O) groups excluding carboxylic acids is 3. The lowest BCUT2D eigenvalue weighted by Gasteiger charge is -2.11. The molecule has 2 aliphatic rings. The first-order valence-corrected chi connectivity index (χ1v) is 7.06. The first kappa shape index (κ1) is 12.8. The molecule has 0 saturated carbocycles. The zero-order valence-corrected chi connectivity index (χ0v) is 11.6. The van der Waals surface area contributed by atoms with Crippen LogP contribution in [0.4, 0.5) is 0 Å². The third-order valence-corrected chi connectivity index (χ3v) is 4.02. The molecule has 110 valence electrons. The maximum absolute atomic E-state index is 12.1. The first-order valence-electron chi connectivity index (χ1n) is 7.06. The lowest BCUT2D eigenvalue weighted by molar-refractivity contribution is -0.0588. The predicted octanol–water partition coefficient (Wildman–Crippen LogP) is 1.87. The van der Waals surface area contributed by atoms with Gasteiger partial charge in [0.1, 0.15) is 5.69 Å². The highest BCUT2D eigenvalue weighted by atomic mass is 16.7. The van der Waals surface area contributed by atoms with E-state index in [0.717, 1.165) is 30.5 Å². The normalized spacial score (nSPS) is 15.9. The summed E-state index contributed by atoms with van der Waals surface area (Å²) in [6.45, 7) is 0. The number of H-pyrrole nitrogens is 1. The minimum absolute atomic E-state index is 0.245. The number of rotatable bonds is 2. The van der Waals surface area contributed by atoms with Gasteiger partial charge in [0.25, 0.3) is 11.8 Å². The van der Waals surface area contributed by atoms with Crippen molar-refractivity contribution in [2.45, 2.75) is 19.3 Å². The van der Waals surface area contributed by atoms with Gasteiger partial charge in [-0.05, 0) is 43.0 Å².